The van der Waals surface area contributed by atoms with E-state index in [1.54, 1.807) is 0 Å². The van der Waals surface area contributed by atoms with Crippen molar-refractivity contribution < 1.29 is 4.74 Å². The second-order valence-corrected chi connectivity index (χ2v) is 5.37. The summed E-state index contributed by atoms with van der Waals surface area (Å²) >= 11 is 1.41. The third kappa shape index (κ3) is 3.11. The summed E-state index contributed by atoms with van der Waals surface area (Å²) in [6.07, 6.45) is 2.31. The molecule has 1 N–H and O–H groups in total. The zero-order valence-electron chi connectivity index (χ0n) is 10.9. The minimum absolute atomic E-state index is 0.169. The van der Waals surface area contributed by atoms with Gasteiger partial charge in [-0.15, -0.1) is 0 Å². The number of anilines is 1. The SMILES string of the molecule is CCOC(c1ccccc1)c1nsc(NC2CC2)n1. The Hall–Kier alpha value is -1.46. The molecule has 4 nitrogen and oxygen atoms in total. The predicted octanol–water partition coefficient (Wildman–Crippen LogP) is 3.24. The molecule has 1 unspecified atom stereocenters. The second-order valence-electron chi connectivity index (χ2n) is 4.62. The van der Waals surface area contributed by atoms with Gasteiger partial charge in [-0.25, -0.2) is 4.98 Å². The van der Waals surface area contributed by atoms with Gasteiger partial charge in [-0.05, 0) is 25.3 Å². The third-order valence-electron chi connectivity index (χ3n) is 3.02. The molecule has 2 aromatic rings. The number of benzene rings is 1. The van der Waals surface area contributed by atoms with Crippen LogP contribution < -0.4 is 5.32 Å². The van der Waals surface area contributed by atoms with Gasteiger partial charge in [0.15, 0.2) is 5.82 Å². The van der Waals surface area contributed by atoms with Crippen LogP contribution in [-0.4, -0.2) is 22.0 Å². The Morgan fingerprint density at radius 1 is 1.37 bits per heavy atom. The molecule has 19 heavy (non-hydrogen) atoms. The van der Waals surface area contributed by atoms with Crippen molar-refractivity contribution in [2.45, 2.75) is 31.9 Å². The summed E-state index contributed by atoms with van der Waals surface area (Å²) in [6, 6.07) is 10.7. The monoisotopic (exact) mass is 275 g/mol. The molecule has 1 heterocycles. The molecule has 0 bridgehead atoms. The van der Waals surface area contributed by atoms with Gasteiger partial charge in [0.25, 0.3) is 0 Å². The Morgan fingerprint density at radius 2 is 2.16 bits per heavy atom. The highest BCUT2D eigenvalue weighted by molar-refractivity contribution is 7.09. The lowest BCUT2D eigenvalue weighted by Crippen LogP contribution is -2.08. The van der Waals surface area contributed by atoms with E-state index >= 15 is 0 Å². The Balaban J connectivity index is 1.80. The summed E-state index contributed by atoms with van der Waals surface area (Å²) in [7, 11) is 0. The number of ether oxygens (including phenoxy) is 1. The fourth-order valence-corrected chi connectivity index (χ4v) is 2.59. The summed E-state index contributed by atoms with van der Waals surface area (Å²) in [5.41, 5.74) is 1.10. The normalized spacial score (nSPS) is 16.3. The molecular weight excluding hydrogens is 258 g/mol. The zero-order chi connectivity index (χ0) is 13.1. The molecule has 100 valence electrons. The molecule has 1 aliphatic carbocycles. The number of nitrogens with zero attached hydrogens (tertiary/aromatic N) is 2. The van der Waals surface area contributed by atoms with Crippen LogP contribution in [0.5, 0.6) is 0 Å². The molecule has 1 atom stereocenters. The van der Waals surface area contributed by atoms with Gasteiger partial charge in [0, 0.05) is 24.2 Å². The van der Waals surface area contributed by atoms with E-state index in [9.17, 15) is 0 Å². The standard InChI is InChI=1S/C14H17N3OS/c1-2-18-12(10-6-4-3-5-7-10)13-16-14(19-17-13)15-11-8-9-11/h3-7,11-12H,2,8-9H2,1H3,(H,15,16,17). The lowest BCUT2D eigenvalue weighted by molar-refractivity contribution is 0.0860. The fraction of sp³-hybridized carbons (Fsp3) is 0.429. The van der Waals surface area contributed by atoms with Crippen LogP contribution in [0.25, 0.3) is 0 Å². The van der Waals surface area contributed by atoms with Gasteiger partial charge in [0.05, 0.1) is 0 Å². The van der Waals surface area contributed by atoms with Crippen LogP contribution >= 0.6 is 11.5 Å². The van der Waals surface area contributed by atoms with Crippen molar-refractivity contribution in [1.82, 2.24) is 9.36 Å². The summed E-state index contributed by atoms with van der Waals surface area (Å²) < 4.78 is 10.2. The number of hydrogen-bond donors (Lipinski definition) is 1. The molecule has 1 saturated carbocycles. The molecular formula is C14H17N3OS. The summed E-state index contributed by atoms with van der Waals surface area (Å²) in [5, 5.41) is 4.28. The predicted molar refractivity (Wildman–Crippen MR) is 76.5 cm³/mol. The first-order valence-electron chi connectivity index (χ1n) is 6.63. The molecule has 3 rings (SSSR count). The van der Waals surface area contributed by atoms with Crippen molar-refractivity contribution in [1.29, 1.82) is 0 Å². The van der Waals surface area contributed by atoms with Crippen LogP contribution in [-0.2, 0) is 4.74 Å². The molecule has 5 heteroatoms. The smallest absolute Gasteiger partial charge is 0.202 e. The van der Waals surface area contributed by atoms with E-state index in [1.165, 1.54) is 24.4 Å². The first kappa shape index (κ1) is 12.6. The summed E-state index contributed by atoms with van der Waals surface area (Å²) in [5.74, 6) is 0.751. The van der Waals surface area contributed by atoms with Crippen molar-refractivity contribution in [2.75, 3.05) is 11.9 Å². The lowest BCUT2D eigenvalue weighted by Gasteiger charge is -2.13. The molecule has 1 aliphatic rings. The number of hydrogen-bond acceptors (Lipinski definition) is 5. The highest BCUT2D eigenvalue weighted by atomic mass is 32.1. The highest BCUT2D eigenvalue weighted by Gasteiger charge is 2.24. The van der Waals surface area contributed by atoms with E-state index in [1.807, 2.05) is 25.1 Å². The molecule has 0 radical (unpaired) electrons. The molecule has 0 aliphatic heterocycles. The first-order valence-corrected chi connectivity index (χ1v) is 7.41. The van der Waals surface area contributed by atoms with Crippen molar-refractivity contribution in [3.05, 3.63) is 41.7 Å². The van der Waals surface area contributed by atoms with E-state index in [4.69, 9.17) is 4.74 Å². The van der Waals surface area contributed by atoms with Crippen molar-refractivity contribution in [3.63, 3.8) is 0 Å². The van der Waals surface area contributed by atoms with Crippen LogP contribution in [0.4, 0.5) is 5.13 Å². The van der Waals surface area contributed by atoms with Crippen LogP contribution in [0.3, 0.4) is 0 Å². The number of nitrogens with one attached hydrogen (secondary N) is 1. The molecule has 1 fully saturated rings. The highest BCUT2D eigenvalue weighted by Crippen LogP contribution is 2.29. The minimum atomic E-state index is -0.169. The Bertz CT molecular complexity index is 524. The number of rotatable bonds is 6. The van der Waals surface area contributed by atoms with Gasteiger partial charge in [-0.3, -0.25) is 0 Å². The van der Waals surface area contributed by atoms with Crippen molar-refractivity contribution in [3.8, 4) is 0 Å². The van der Waals surface area contributed by atoms with E-state index in [0.717, 1.165) is 16.5 Å². The molecule has 1 aromatic heterocycles. The van der Waals surface area contributed by atoms with Gasteiger partial charge in [-0.1, -0.05) is 30.3 Å². The Kier molecular flexibility index (Phi) is 3.75. The topological polar surface area (TPSA) is 47.0 Å². The number of aromatic nitrogens is 2. The van der Waals surface area contributed by atoms with E-state index < -0.39 is 0 Å². The fourth-order valence-electron chi connectivity index (χ4n) is 1.92. The maximum absolute atomic E-state index is 5.80. The lowest BCUT2D eigenvalue weighted by atomic mass is 10.1. The van der Waals surface area contributed by atoms with Gasteiger partial charge in [0.2, 0.25) is 5.13 Å². The van der Waals surface area contributed by atoms with Crippen molar-refractivity contribution >= 4 is 16.7 Å². The zero-order valence-corrected chi connectivity index (χ0v) is 11.7. The quantitative estimate of drug-likeness (QED) is 0.879. The molecule has 0 spiro atoms. The third-order valence-corrected chi connectivity index (χ3v) is 3.68. The second kappa shape index (κ2) is 5.67. The molecule has 0 saturated heterocycles. The Labute approximate surface area is 117 Å². The Morgan fingerprint density at radius 3 is 2.84 bits per heavy atom. The van der Waals surface area contributed by atoms with E-state index in [0.29, 0.717) is 12.6 Å². The summed E-state index contributed by atoms with van der Waals surface area (Å²) in [6.45, 7) is 2.63. The first-order chi connectivity index (χ1) is 9.36. The average Bonchev–Trinajstić information content (AvgIpc) is 3.14. The van der Waals surface area contributed by atoms with Gasteiger partial charge in [-0.2, -0.15) is 4.37 Å². The van der Waals surface area contributed by atoms with E-state index in [-0.39, 0.29) is 6.10 Å². The van der Waals surface area contributed by atoms with Gasteiger partial charge in [0.1, 0.15) is 6.10 Å². The largest absolute Gasteiger partial charge is 0.366 e. The van der Waals surface area contributed by atoms with Crippen LogP contribution in [0.15, 0.2) is 30.3 Å². The molecule has 1 aromatic carbocycles. The van der Waals surface area contributed by atoms with Crippen LogP contribution in [0.2, 0.25) is 0 Å². The maximum Gasteiger partial charge on any atom is 0.202 e. The van der Waals surface area contributed by atoms with Crippen LogP contribution in [0.1, 0.15) is 37.3 Å². The maximum atomic E-state index is 5.80. The molecule has 0 amide bonds. The summed E-state index contributed by atoms with van der Waals surface area (Å²) in [4.78, 5) is 4.56. The van der Waals surface area contributed by atoms with Crippen LogP contribution in [0, 0.1) is 0 Å². The van der Waals surface area contributed by atoms with Gasteiger partial charge < -0.3 is 10.1 Å². The van der Waals surface area contributed by atoms with Gasteiger partial charge >= 0.3 is 0 Å². The average molecular weight is 275 g/mol. The minimum Gasteiger partial charge on any atom is -0.366 e. The van der Waals surface area contributed by atoms with Crippen molar-refractivity contribution in [2.24, 2.45) is 0 Å². The van der Waals surface area contributed by atoms with E-state index in [2.05, 4.69) is 26.8 Å².